The van der Waals surface area contributed by atoms with Gasteiger partial charge in [0.05, 0.1) is 23.0 Å². The van der Waals surface area contributed by atoms with Crippen LogP contribution in [0.4, 0.5) is 5.69 Å². The molecule has 6 nitrogen and oxygen atoms in total. The Bertz CT molecular complexity index is 1570. The lowest BCUT2D eigenvalue weighted by molar-refractivity contribution is -0.132. The molecule has 4 aromatic carbocycles. The summed E-state index contributed by atoms with van der Waals surface area (Å²) in [6.07, 6.45) is 0.505. The van der Waals surface area contributed by atoms with Gasteiger partial charge >= 0.3 is 0 Å². The maximum Gasteiger partial charge on any atom is 0.299 e. The predicted octanol–water partition coefficient (Wildman–Crippen LogP) is 5.40. The Morgan fingerprint density at radius 1 is 0.861 bits per heavy atom. The van der Waals surface area contributed by atoms with Crippen LogP contribution in [0.3, 0.4) is 0 Å². The van der Waals surface area contributed by atoms with Gasteiger partial charge in [0.25, 0.3) is 17.6 Å². The molecular weight excluding hydrogens is 474 g/mol. The Hall–Kier alpha value is -4.29. The zero-order valence-corrected chi connectivity index (χ0v) is 19.9. The second kappa shape index (κ2) is 8.73. The van der Waals surface area contributed by atoms with Crippen LogP contribution in [-0.2, 0) is 9.59 Å². The minimum absolute atomic E-state index is 0.280. The van der Waals surface area contributed by atoms with Gasteiger partial charge in [-0.3, -0.25) is 19.3 Å². The monoisotopic (exact) mass is 493 g/mol. The number of ketones is 1. The molecule has 0 saturated heterocycles. The third kappa shape index (κ3) is 3.67. The number of benzene rings is 4. The van der Waals surface area contributed by atoms with Crippen molar-refractivity contribution in [1.29, 1.82) is 0 Å². The Morgan fingerprint density at radius 2 is 1.56 bits per heavy atom. The molecule has 0 spiro atoms. The summed E-state index contributed by atoms with van der Waals surface area (Å²) in [4.78, 5) is 40.0. The Kier molecular flexibility index (Phi) is 5.38. The highest BCUT2D eigenvalue weighted by molar-refractivity contribution is 6.52. The predicted molar refractivity (Wildman–Crippen MR) is 139 cm³/mol. The van der Waals surface area contributed by atoms with Crippen LogP contribution in [0.15, 0.2) is 96.1 Å². The van der Waals surface area contributed by atoms with Crippen LogP contribution in [0.2, 0.25) is 5.02 Å². The molecule has 0 saturated carbocycles. The van der Waals surface area contributed by atoms with Gasteiger partial charge in [-0.1, -0.05) is 78.3 Å². The molecule has 6 rings (SSSR count). The number of para-hydroxylation sites is 1. The molecular formula is C29H20ClN3O3. The number of carbonyl (C=O) groups excluding carboxylic acids is 3. The Morgan fingerprint density at radius 3 is 2.39 bits per heavy atom. The summed E-state index contributed by atoms with van der Waals surface area (Å²) in [7, 11) is 0. The maximum absolute atomic E-state index is 13.6. The number of carbonyl (C=O) groups is 3. The number of Topliss-reactive ketones (excluding diaryl/α,β-unsaturated/α-hetero) is 1. The summed E-state index contributed by atoms with van der Waals surface area (Å²) in [5.41, 5.74) is 3.38. The van der Waals surface area contributed by atoms with Crippen molar-refractivity contribution in [3.05, 3.63) is 113 Å². The van der Waals surface area contributed by atoms with Crippen molar-refractivity contribution in [3.8, 4) is 0 Å². The van der Waals surface area contributed by atoms with Gasteiger partial charge < -0.3 is 0 Å². The van der Waals surface area contributed by atoms with Gasteiger partial charge in [0, 0.05) is 17.0 Å². The van der Waals surface area contributed by atoms with Gasteiger partial charge in [0.2, 0.25) is 0 Å². The molecule has 7 heteroatoms. The van der Waals surface area contributed by atoms with Crippen molar-refractivity contribution < 1.29 is 14.4 Å². The van der Waals surface area contributed by atoms with Gasteiger partial charge in [0.15, 0.2) is 0 Å². The smallest absolute Gasteiger partial charge is 0.295 e. The molecule has 0 fully saturated rings. The fraction of sp³-hybridized carbons (Fsp3) is 0.103. The zero-order chi connectivity index (χ0) is 24.8. The molecule has 2 aliphatic rings. The van der Waals surface area contributed by atoms with Crippen LogP contribution in [0, 0.1) is 0 Å². The molecule has 0 radical (unpaired) electrons. The van der Waals surface area contributed by atoms with Crippen LogP contribution in [0.1, 0.15) is 33.9 Å². The standard InChI is InChI=1S/C29H20ClN3O3/c30-20-14-12-19(13-15-20)26-16-24(22-10-5-7-18-6-1-2-8-21(18)22)31-33(26)27(34)17-32-25-11-4-3-9-23(25)28(35)29(32)36/h1-15,26H,16-17H2. The number of halogens is 1. The first-order valence-corrected chi connectivity index (χ1v) is 12.0. The van der Waals surface area contributed by atoms with Gasteiger partial charge in [-0.15, -0.1) is 0 Å². The van der Waals surface area contributed by atoms with Crippen molar-refractivity contribution in [3.63, 3.8) is 0 Å². The molecule has 1 atom stereocenters. The molecule has 2 aliphatic heterocycles. The second-order valence-electron chi connectivity index (χ2n) is 8.82. The van der Waals surface area contributed by atoms with E-state index in [1.165, 1.54) is 9.91 Å². The van der Waals surface area contributed by atoms with Crippen molar-refractivity contribution in [1.82, 2.24) is 5.01 Å². The summed E-state index contributed by atoms with van der Waals surface area (Å²) in [5.74, 6) is -1.68. The first kappa shape index (κ1) is 22.2. The number of amides is 2. The van der Waals surface area contributed by atoms with Crippen molar-refractivity contribution in [2.24, 2.45) is 5.10 Å². The van der Waals surface area contributed by atoms with Crippen molar-refractivity contribution in [2.45, 2.75) is 12.5 Å². The van der Waals surface area contributed by atoms with Gasteiger partial charge in [-0.05, 0) is 40.6 Å². The largest absolute Gasteiger partial charge is 0.299 e. The number of rotatable bonds is 4. The summed E-state index contributed by atoms with van der Waals surface area (Å²) >= 11 is 6.11. The first-order valence-electron chi connectivity index (χ1n) is 11.6. The topological polar surface area (TPSA) is 70.1 Å². The summed E-state index contributed by atoms with van der Waals surface area (Å²) in [5, 5.41) is 8.96. The van der Waals surface area contributed by atoms with E-state index in [0.29, 0.717) is 22.7 Å². The van der Waals surface area contributed by atoms with E-state index in [-0.39, 0.29) is 18.5 Å². The Labute approximate surface area is 212 Å². The van der Waals surface area contributed by atoms with E-state index in [4.69, 9.17) is 16.7 Å². The zero-order valence-electron chi connectivity index (χ0n) is 19.1. The number of hydrogen-bond acceptors (Lipinski definition) is 4. The van der Waals surface area contributed by atoms with E-state index in [2.05, 4.69) is 0 Å². The lowest BCUT2D eigenvalue weighted by atomic mass is 9.95. The van der Waals surface area contributed by atoms with Gasteiger partial charge in [-0.2, -0.15) is 5.10 Å². The number of fused-ring (bicyclic) bond motifs is 2. The molecule has 2 amide bonds. The van der Waals surface area contributed by atoms with E-state index in [1.54, 1.807) is 36.4 Å². The second-order valence-corrected chi connectivity index (χ2v) is 9.26. The molecule has 176 valence electrons. The number of hydrazone groups is 1. The Balaban J connectivity index is 1.38. The third-order valence-electron chi connectivity index (χ3n) is 6.69. The van der Waals surface area contributed by atoms with E-state index in [0.717, 1.165) is 27.6 Å². The molecule has 0 aromatic heterocycles. The van der Waals surface area contributed by atoms with Gasteiger partial charge in [-0.25, -0.2) is 5.01 Å². The van der Waals surface area contributed by atoms with Crippen molar-refractivity contribution in [2.75, 3.05) is 11.4 Å². The number of nitrogens with zero attached hydrogens (tertiary/aromatic N) is 3. The highest BCUT2D eigenvalue weighted by Crippen LogP contribution is 2.36. The first-order chi connectivity index (χ1) is 17.5. The highest BCUT2D eigenvalue weighted by Gasteiger charge is 2.40. The molecule has 4 aromatic rings. The van der Waals surface area contributed by atoms with E-state index in [9.17, 15) is 14.4 Å². The van der Waals surface area contributed by atoms with Crippen LogP contribution in [-0.4, -0.2) is 34.9 Å². The molecule has 0 aliphatic carbocycles. The maximum atomic E-state index is 13.6. The van der Waals surface area contributed by atoms with Crippen LogP contribution in [0.25, 0.3) is 10.8 Å². The molecule has 36 heavy (non-hydrogen) atoms. The van der Waals surface area contributed by atoms with Crippen LogP contribution >= 0.6 is 11.6 Å². The van der Waals surface area contributed by atoms with Crippen molar-refractivity contribution >= 4 is 51.4 Å². The summed E-state index contributed by atoms with van der Waals surface area (Å²) < 4.78 is 0. The quantitative estimate of drug-likeness (QED) is 0.357. The molecule has 0 N–H and O–H groups in total. The minimum atomic E-state index is -0.704. The SMILES string of the molecule is O=C1C(=O)N(CC(=O)N2N=C(c3cccc4ccccc34)CC2c2ccc(Cl)cc2)c2ccccc21. The van der Waals surface area contributed by atoms with E-state index < -0.39 is 11.7 Å². The minimum Gasteiger partial charge on any atom is -0.295 e. The molecule has 2 heterocycles. The van der Waals surface area contributed by atoms with E-state index >= 15 is 0 Å². The van der Waals surface area contributed by atoms with Gasteiger partial charge in [0.1, 0.15) is 6.54 Å². The molecule has 0 bridgehead atoms. The normalized spacial score (nSPS) is 17.0. The third-order valence-corrected chi connectivity index (χ3v) is 6.95. The molecule has 1 unspecified atom stereocenters. The lowest BCUT2D eigenvalue weighted by Crippen LogP contribution is -2.40. The fourth-order valence-corrected chi connectivity index (χ4v) is 5.06. The lowest BCUT2D eigenvalue weighted by Gasteiger charge is -2.24. The van der Waals surface area contributed by atoms with Crippen LogP contribution < -0.4 is 4.90 Å². The van der Waals surface area contributed by atoms with Crippen LogP contribution in [0.5, 0.6) is 0 Å². The summed E-state index contributed by atoms with van der Waals surface area (Å²) in [6.45, 7) is -0.280. The highest BCUT2D eigenvalue weighted by atomic mass is 35.5. The average molecular weight is 494 g/mol. The number of anilines is 1. The summed E-state index contributed by atoms with van der Waals surface area (Å²) in [6, 6.07) is 27.8. The number of hydrogen-bond donors (Lipinski definition) is 0. The van der Waals surface area contributed by atoms with E-state index in [1.807, 2.05) is 54.6 Å². The fourth-order valence-electron chi connectivity index (χ4n) is 4.94. The average Bonchev–Trinajstić information content (AvgIpc) is 3.45.